The van der Waals surface area contributed by atoms with Crippen LogP contribution in [0.4, 0.5) is 0 Å². The topological polar surface area (TPSA) is 43.4 Å². The van der Waals surface area contributed by atoms with Gasteiger partial charge in [0.05, 0.1) is 5.41 Å². The molecule has 3 atom stereocenters. The molecule has 3 nitrogen and oxygen atoms in total. The number of Topliss-reactive ketones (excluding diaryl/α,β-unsaturated/α-hetero) is 1. The Hall–Kier alpha value is -0.570. The zero-order chi connectivity index (χ0) is 14.7. The average molecular weight is 311 g/mol. The smallest absolute Gasteiger partial charge is 0.312 e. The molecule has 3 unspecified atom stereocenters. The summed E-state index contributed by atoms with van der Waals surface area (Å²) in [6, 6.07) is 0. The molecule has 0 N–H and O–H groups in total. The van der Waals surface area contributed by atoms with Crippen LogP contribution in [-0.2, 0) is 14.3 Å². The Morgan fingerprint density at radius 3 is 2.48 bits per heavy atom. The second-order valence-electron chi connectivity index (χ2n) is 8.00. The molecule has 0 amide bonds. The monoisotopic (exact) mass is 310 g/mol. The van der Waals surface area contributed by atoms with Gasteiger partial charge in [0.15, 0.2) is 11.9 Å². The zero-order valence-electron chi connectivity index (χ0n) is 12.4. The first-order valence-electron chi connectivity index (χ1n) is 8.41. The molecule has 0 heterocycles. The van der Waals surface area contributed by atoms with Crippen molar-refractivity contribution >= 4 is 23.4 Å². The van der Waals surface area contributed by atoms with E-state index in [9.17, 15) is 9.59 Å². The van der Waals surface area contributed by atoms with Crippen molar-refractivity contribution in [3.63, 3.8) is 0 Å². The standard InChI is InChI=1S/C17H23ClO3/c18-17-8-11-5-12(9-17)7-16(6-11,10-17)15(20)21-14-4-2-1-3-13(14)19/h11-12,14H,1-10H2. The predicted octanol–water partition coefficient (Wildman–Crippen LogP) is 3.62. The van der Waals surface area contributed by atoms with Gasteiger partial charge in [0, 0.05) is 11.3 Å². The van der Waals surface area contributed by atoms with Gasteiger partial charge < -0.3 is 4.74 Å². The first-order chi connectivity index (χ1) is 9.98. The van der Waals surface area contributed by atoms with Crippen LogP contribution in [0.1, 0.15) is 64.2 Å². The molecule has 0 aliphatic heterocycles. The molecule has 116 valence electrons. The summed E-state index contributed by atoms with van der Waals surface area (Å²) in [4.78, 5) is 24.6. The number of esters is 1. The second-order valence-corrected chi connectivity index (χ2v) is 8.80. The Bertz CT molecular complexity index is 472. The van der Waals surface area contributed by atoms with Crippen molar-refractivity contribution in [1.82, 2.24) is 0 Å². The number of halogens is 1. The lowest BCUT2D eigenvalue weighted by Gasteiger charge is -2.58. The number of alkyl halides is 1. The number of ketones is 1. The molecule has 0 saturated heterocycles. The van der Waals surface area contributed by atoms with E-state index in [0.29, 0.717) is 24.7 Å². The number of hydrogen-bond donors (Lipinski definition) is 0. The van der Waals surface area contributed by atoms with Crippen molar-refractivity contribution in [3.05, 3.63) is 0 Å². The maximum absolute atomic E-state index is 12.8. The van der Waals surface area contributed by atoms with Crippen molar-refractivity contribution in [2.45, 2.75) is 75.2 Å². The van der Waals surface area contributed by atoms with Gasteiger partial charge in [-0.3, -0.25) is 9.59 Å². The van der Waals surface area contributed by atoms with E-state index in [-0.39, 0.29) is 22.0 Å². The van der Waals surface area contributed by atoms with Crippen LogP contribution in [0.3, 0.4) is 0 Å². The molecule has 0 aromatic carbocycles. The summed E-state index contributed by atoms with van der Waals surface area (Å²) in [5.41, 5.74) is -0.385. The molecule has 0 aromatic heterocycles. The lowest BCUT2D eigenvalue weighted by atomic mass is 9.49. The molecule has 4 bridgehead atoms. The Kier molecular flexibility index (Phi) is 3.15. The Balaban J connectivity index is 1.52. The van der Waals surface area contributed by atoms with E-state index in [1.54, 1.807) is 0 Å². The third kappa shape index (κ3) is 2.32. The zero-order valence-corrected chi connectivity index (χ0v) is 13.2. The van der Waals surface area contributed by atoms with Gasteiger partial charge in [0.1, 0.15) is 0 Å². The third-order valence-corrected chi connectivity index (χ3v) is 6.61. The highest BCUT2D eigenvalue weighted by molar-refractivity contribution is 6.24. The van der Waals surface area contributed by atoms with Crippen LogP contribution >= 0.6 is 11.6 Å². The summed E-state index contributed by atoms with van der Waals surface area (Å²) < 4.78 is 5.69. The molecule has 0 spiro atoms. The van der Waals surface area contributed by atoms with Crippen molar-refractivity contribution in [1.29, 1.82) is 0 Å². The van der Waals surface area contributed by atoms with Gasteiger partial charge in [-0.1, -0.05) is 0 Å². The molecule has 5 fully saturated rings. The Morgan fingerprint density at radius 2 is 1.86 bits per heavy atom. The summed E-state index contributed by atoms with van der Waals surface area (Å²) in [6.07, 6.45) is 8.68. The van der Waals surface area contributed by atoms with Gasteiger partial charge in [-0.2, -0.15) is 0 Å². The maximum Gasteiger partial charge on any atom is 0.312 e. The normalized spacial score (nSPS) is 48.4. The van der Waals surface area contributed by atoms with Crippen LogP contribution in [0.15, 0.2) is 0 Å². The summed E-state index contributed by atoms with van der Waals surface area (Å²) >= 11 is 6.76. The van der Waals surface area contributed by atoms with E-state index in [0.717, 1.165) is 44.9 Å². The van der Waals surface area contributed by atoms with E-state index in [2.05, 4.69) is 0 Å². The first kappa shape index (κ1) is 14.0. The quantitative estimate of drug-likeness (QED) is 0.578. The van der Waals surface area contributed by atoms with E-state index in [1.807, 2.05) is 0 Å². The van der Waals surface area contributed by atoms with Gasteiger partial charge in [-0.15, -0.1) is 11.6 Å². The van der Waals surface area contributed by atoms with Crippen LogP contribution in [-0.4, -0.2) is 22.7 Å². The number of carbonyl (C=O) groups excluding carboxylic acids is 2. The minimum absolute atomic E-state index is 0.111. The Labute approximate surface area is 130 Å². The minimum Gasteiger partial charge on any atom is -0.454 e. The van der Waals surface area contributed by atoms with Crippen LogP contribution in [0.5, 0.6) is 0 Å². The molecule has 0 aromatic rings. The summed E-state index contributed by atoms with van der Waals surface area (Å²) in [5, 5.41) is 0. The first-order valence-corrected chi connectivity index (χ1v) is 8.79. The average Bonchev–Trinajstić information content (AvgIpc) is 2.38. The fraction of sp³-hybridized carbons (Fsp3) is 0.882. The van der Waals surface area contributed by atoms with Crippen LogP contribution < -0.4 is 0 Å². The molecular weight excluding hydrogens is 288 g/mol. The SMILES string of the molecule is O=C1CCCCC1OC(=O)C12CC3CC(CC(Cl)(C3)C1)C2. The molecule has 21 heavy (non-hydrogen) atoms. The molecular formula is C17H23ClO3. The lowest BCUT2D eigenvalue weighted by Crippen LogP contribution is -2.57. The van der Waals surface area contributed by atoms with Crippen LogP contribution in [0.2, 0.25) is 0 Å². The van der Waals surface area contributed by atoms with Crippen LogP contribution in [0.25, 0.3) is 0 Å². The molecule has 5 rings (SSSR count). The van der Waals surface area contributed by atoms with Gasteiger partial charge in [-0.25, -0.2) is 0 Å². The molecule has 5 aliphatic rings. The van der Waals surface area contributed by atoms with Crippen molar-refractivity contribution in [2.75, 3.05) is 0 Å². The van der Waals surface area contributed by atoms with Crippen molar-refractivity contribution in [2.24, 2.45) is 17.3 Å². The number of ether oxygens (including phenoxy) is 1. The van der Waals surface area contributed by atoms with Gasteiger partial charge in [-0.05, 0) is 69.6 Å². The highest BCUT2D eigenvalue weighted by Crippen LogP contribution is 2.64. The fourth-order valence-electron chi connectivity index (χ4n) is 5.72. The Morgan fingerprint density at radius 1 is 1.14 bits per heavy atom. The summed E-state index contributed by atoms with van der Waals surface area (Å²) in [6.45, 7) is 0. The molecule has 0 radical (unpaired) electrons. The summed E-state index contributed by atoms with van der Waals surface area (Å²) in [7, 11) is 0. The van der Waals surface area contributed by atoms with E-state index < -0.39 is 6.10 Å². The lowest BCUT2D eigenvalue weighted by molar-refractivity contribution is -0.178. The predicted molar refractivity (Wildman–Crippen MR) is 79.1 cm³/mol. The number of carbonyl (C=O) groups is 2. The molecule has 5 aliphatic carbocycles. The molecule has 5 saturated carbocycles. The van der Waals surface area contributed by atoms with Gasteiger partial charge in [0.25, 0.3) is 0 Å². The second kappa shape index (κ2) is 4.71. The van der Waals surface area contributed by atoms with Gasteiger partial charge in [0.2, 0.25) is 0 Å². The highest BCUT2D eigenvalue weighted by Gasteiger charge is 2.61. The minimum atomic E-state index is -0.481. The van der Waals surface area contributed by atoms with Crippen LogP contribution in [0, 0.1) is 17.3 Å². The largest absolute Gasteiger partial charge is 0.454 e. The van der Waals surface area contributed by atoms with E-state index in [1.165, 1.54) is 6.42 Å². The van der Waals surface area contributed by atoms with Gasteiger partial charge >= 0.3 is 5.97 Å². The summed E-state index contributed by atoms with van der Waals surface area (Å²) in [5.74, 6) is 1.15. The van der Waals surface area contributed by atoms with E-state index >= 15 is 0 Å². The number of rotatable bonds is 2. The third-order valence-electron chi connectivity index (χ3n) is 6.17. The molecule has 4 heteroatoms. The van der Waals surface area contributed by atoms with Crippen molar-refractivity contribution < 1.29 is 14.3 Å². The highest BCUT2D eigenvalue weighted by atomic mass is 35.5. The van der Waals surface area contributed by atoms with E-state index in [4.69, 9.17) is 16.3 Å². The number of hydrogen-bond acceptors (Lipinski definition) is 3. The fourth-order valence-corrected chi connectivity index (χ4v) is 6.41. The maximum atomic E-state index is 12.8. The van der Waals surface area contributed by atoms with Crippen molar-refractivity contribution in [3.8, 4) is 0 Å².